The second-order valence-corrected chi connectivity index (χ2v) is 6.10. The summed E-state index contributed by atoms with van der Waals surface area (Å²) in [6.07, 6.45) is 4.04. The van der Waals surface area contributed by atoms with E-state index >= 15 is 0 Å². The molecule has 2 heterocycles. The van der Waals surface area contributed by atoms with Gasteiger partial charge in [-0.05, 0) is 53.8 Å². The largest absolute Gasteiger partial charge is 0.374 e. The van der Waals surface area contributed by atoms with E-state index in [1.807, 2.05) is 43.4 Å². The molecule has 1 aliphatic rings. The highest BCUT2D eigenvalue weighted by Gasteiger charge is 2.17. The van der Waals surface area contributed by atoms with E-state index in [4.69, 9.17) is 0 Å². The number of hydrogen-bond acceptors (Lipinski definition) is 3. The Bertz CT molecular complexity index is 665. The van der Waals surface area contributed by atoms with Crippen molar-refractivity contribution in [2.75, 3.05) is 37.5 Å². The molecule has 0 N–H and O–H groups in total. The molecule has 0 amide bonds. The van der Waals surface area contributed by atoms with E-state index < -0.39 is 6.67 Å². The number of hydrogen-bond donors (Lipinski definition) is 0. The Labute approximate surface area is 131 Å². The van der Waals surface area contributed by atoms with Crippen LogP contribution in [0.25, 0.3) is 11.1 Å². The van der Waals surface area contributed by atoms with Gasteiger partial charge in [0.2, 0.25) is 0 Å². The standard InChI is InChI=1S/C18H22FN3/c1-21(2)18-7-6-14(12-20-18)16-9-13-5-4-8-22(3)17(13)10-15(16)11-19/h6-7,9-10,12H,4-5,8,11H2,1-3H3. The van der Waals surface area contributed by atoms with Crippen molar-refractivity contribution < 1.29 is 4.39 Å². The number of alkyl halides is 1. The van der Waals surface area contributed by atoms with Gasteiger partial charge in [-0.3, -0.25) is 0 Å². The topological polar surface area (TPSA) is 19.4 Å². The van der Waals surface area contributed by atoms with Gasteiger partial charge in [0.25, 0.3) is 0 Å². The number of pyridine rings is 1. The van der Waals surface area contributed by atoms with Gasteiger partial charge >= 0.3 is 0 Å². The van der Waals surface area contributed by atoms with Crippen LogP contribution in [-0.2, 0) is 13.1 Å². The van der Waals surface area contributed by atoms with Gasteiger partial charge in [0, 0.05) is 45.1 Å². The first kappa shape index (κ1) is 14.8. The van der Waals surface area contributed by atoms with E-state index in [-0.39, 0.29) is 0 Å². The maximum atomic E-state index is 13.5. The monoisotopic (exact) mass is 299 g/mol. The molecule has 0 radical (unpaired) electrons. The molecule has 22 heavy (non-hydrogen) atoms. The summed E-state index contributed by atoms with van der Waals surface area (Å²) in [4.78, 5) is 8.63. The van der Waals surface area contributed by atoms with Crippen LogP contribution in [0.3, 0.4) is 0 Å². The summed E-state index contributed by atoms with van der Waals surface area (Å²) in [6.45, 7) is 0.586. The molecule has 0 saturated heterocycles. The smallest absolute Gasteiger partial charge is 0.127 e. The predicted octanol–water partition coefficient (Wildman–Crippen LogP) is 3.67. The number of aromatic nitrogens is 1. The van der Waals surface area contributed by atoms with Gasteiger partial charge < -0.3 is 9.80 Å². The van der Waals surface area contributed by atoms with Crippen molar-refractivity contribution in [3.05, 3.63) is 41.6 Å². The SMILES string of the molecule is CN(C)c1ccc(-c2cc3c(cc2CF)N(C)CCC3)cn1. The normalized spacial score (nSPS) is 13.9. The van der Waals surface area contributed by atoms with Crippen LogP contribution in [0, 0.1) is 0 Å². The molecule has 0 unspecified atom stereocenters. The van der Waals surface area contributed by atoms with Gasteiger partial charge in [0.1, 0.15) is 12.5 Å². The van der Waals surface area contributed by atoms with Crippen LogP contribution in [0.5, 0.6) is 0 Å². The molecule has 4 heteroatoms. The average Bonchev–Trinajstić information content (AvgIpc) is 2.54. The molecular weight excluding hydrogens is 277 g/mol. The molecule has 1 aromatic heterocycles. The zero-order valence-corrected chi connectivity index (χ0v) is 13.4. The maximum Gasteiger partial charge on any atom is 0.127 e. The van der Waals surface area contributed by atoms with Crippen LogP contribution in [0.1, 0.15) is 17.5 Å². The first-order chi connectivity index (χ1) is 10.6. The first-order valence-electron chi connectivity index (χ1n) is 7.67. The van der Waals surface area contributed by atoms with Gasteiger partial charge in [-0.2, -0.15) is 0 Å². The predicted molar refractivity (Wildman–Crippen MR) is 90.4 cm³/mol. The third kappa shape index (κ3) is 2.65. The minimum Gasteiger partial charge on any atom is -0.374 e. The lowest BCUT2D eigenvalue weighted by Gasteiger charge is -2.29. The zero-order valence-electron chi connectivity index (χ0n) is 13.4. The Morgan fingerprint density at radius 1 is 1.27 bits per heavy atom. The molecule has 3 rings (SSSR count). The van der Waals surface area contributed by atoms with E-state index in [2.05, 4.69) is 23.0 Å². The molecule has 2 aromatic rings. The summed E-state index contributed by atoms with van der Waals surface area (Å²) < 4.78 is 13.5. The maximum absolute atomic E-state index is 13.5. The van der Waals surface area contributed by atoms with Crippen molar-refractivity contribution in [2.24, 2.45) is 0 Å². The molecule has 0 saturated carbocycles. The fourth-order valence-corrected chi connectivity index (χ4v) is 3.05. The first-order valence-corrected chi connectivity index (χ1v) is 7.67. The summed E-state index contributed by atoms with van der Waals surface area (Å²) in [7, 11) is 6.00. The fraction of sp³-hybridized carbons (Fsp3) is 0.389. The van der Waals surface area contributed by atoms with Crippen LogP contribution < -0.4 is 9.80 Å². The highest BCUT2D eigenvalue weighted by atomic mass is 19.1. The molecule has 0 aliphatic carbocycles. The lowest BCUT2D eigenvalue weighted by molar-refractivity contribution is 0.486. The molecule has 1 aromatic carbocycles. The van der Waals surface area contributed by atoms with E-state index in [0.717, 1.165) is 41.9 Å². The number of rotatable bonds is 3. The van der Waals surface area contributed by atoms with E-state index in [1.165, 1.54) is 11.3 Å². The van der Waals surface area contributed by atoms with Crippen molar-refractivity contribution in [3.8, 4) is 11.1 Å². The molecule has 3 nitrogen and oxygen atoms in total. The van der Waals surface area contributed by atoms with Crippen molar-refractivity contribution in [1.29, 1.82) is 0 Å². The number of benzene rings is 1. The Hall–Kier alpha value is -2.10. The van der Waals surface area contributed by atoms with E-state index in [9.17, 15) is 4.39 Å². The highest BCUT2D eigenvalue weighted by molar-refractivity contribution is 5.73. The van der Waals surface area contributed by atoms with Crippen LogP contribution in [0.15, 0.2) is 30.5 Å². The number of fused-ring (bicyclic) bond motifs is 1. The van der Waals surface area contributed by atoms with Crippen molar-refractivity contribution >= 4 is 11.5 Å². The third-order valence-corrected chi connectivity index (χ3v) is 4.32. The van der Waals surface area contributed by atoms with Crippen LogP contribution in [0.4, 0.5) is 15.9 Å². The molecule has 0 atom stereocenters. The summed E-state index contributed by atoms with van der Waals surface area (Å²) in [5, 5.41) is 0. The average molecular weight is 299 g/mol. The van der Waals surface area contributed by atoms with Gasteiger partial charge in [0.15, 0.2) is 0 Å². The Balaban J connectivity index is 2.06. The van der Waals surface area contributed by atoms with Gasteiger partial charge in [0.05, 0.1) is 0 Å². The molecule has 0 fully saturated rings. The van der Waals surface area contributed by atoms with Crippen molar-refractivity contribution in [3.63, 3.8) is 0 Å². The number of nitrogens with zero attached hydrogens (tertiary/aromatic N) is 3. The summed E-state index contributed by atoms with van der Waals surface area (Å²) >= 11 is 0. The lowest BCUT2D eigenvalue weighted by atomic mass is 9.93. The van der Waals surface area contributed by atoms with Crippen molar-refractivity contribution in [2.45, 2.75) is 19.5 Å². The minimum atomic E-state index is -0.452. The minimum absolute atomic E-state index is 0.452. The summed E-state index contributed by atoms with van der Waals surface area (Å²) in [6, 6.07) is 8.15. The van der Waals surface area contributed by atoms with E-state index in [1.54, 1.807) is 0 Å². The van der Waals surface area contributed by atoms with Gasteiger partial charge in [-0.25, -0.2) is 9.37 Å². The number of aryl methyl sites for hydroxylation is 1. The van der Waals surface area contributed by atoms with Crippen LogP contribution in [0.2, 0.25) is 0 Å². The molecule has 116 valence electrons. The van der Waals surface area contributed by atoms with Gasteiger partial charge in [-0.15, -0.1) is 0 Å². The lowest BCUT2D eigenvalue weighted by Crippen LogP contribution is -2.24. The van der Waals surface area contributed by atoms with Crippen LogP contribution in [-0.4, -0.2) is 32.7 Å². The fourth-order valence-electron chi connectivity index (χ4n) is 3.05. The molecule has 0 bridgehead atoms. The van der Waals surface area contributed by atoms with Gasteiger partial charge in [-0.1, -0.05) is 0 Å². The number of anilines is 2. The summed E-state index contributed by atoms with van der Waals surface area (Å²) in [5.41, 5.74) is 5.16. The Morgan fingerprint density at radius 2 is 2.09 bits per heavy atom. The highest BCUT2D eigenvalue weighted by Crippen LogP contribution is 2.34. The van der Waals surface area contributed by atoms with Crippen molar-refractivity contribution in [1.82, 2.24) is 4.98 Å². The second kappa shape index (κ2) is 5.95. The Morgan fingerprint density at radius 3 is 2.73 bits per heavy atom. The quantitative estimate of drug-likeness (QED) is 0.862. The summed E-state index contributed by atoms with van der Waals surface area (Å²) in [5.74, 6) is 0.906. The zero-order chi connectivity index (χ0) is 15.7. The third-order valence-electron chi connectivity index (χ3n) is 4.32. The molecule has 0 spiro atoms. The Kier molecular flexibility index (Phi) is 4.01. The van der Waals surface area contributed by atoms with E-state index in [0.29, 0.717) is 0 Å². The molecular formula is C18H22FN3. The second-order valence-electron chi connectivity index (χ2n) is 6.10. The number of halogens is 1. The van der Waals surface area contributed by atoms with Crippen LogP contribution >= 0.6 is 0 Å². The molecule has 1 aliphatic heterocycles.